The molecule has 6 rings (SSSR count). The molecule has 5 aromatic rings. The molecule has 1 amide bonds. The molecule has 1 fully saturated rings. The fourth-order valence-corrected chi connectivity index (χ4v) is 7.48. The number of hydrogen-bond acceptors (Lipinski definition) is 9. The van der Waals surface area contributed by atoms with Crippen molar-refractivity contribution < 1.29 is 45.4 Å². The van der Waals surface area contributed by atoms with Gasteiger partial charge in [-0.1, -0.05) is 54.1 Å². The fourth-order valence-electron chi connectivity index (χ4n) is 5.95. The van der Waals surface area contributed by atoms with E-state index >= 15 is 0 Å². The molecule has 1 saturated heterocycles. The van der Waals surface area contributed by atoms with Crippen LogP contribution in [0.15, 0.2) is 106 Å². The highest BCUT2D eigenvalue weighted by atomic mass is 35.5. The number of ether oxygens (including phenoxy) is 1. The molecule has 52 heavy (non-hydrogen) atoms. The van der Waals surface area contributed by atoms with Crippen LogP contribution in [-0.2, 0) is 36.2 Å². The standard InChI is InChI=1S/C25H26ClN3O5.C10H8O6S2/c26-19-7-5-17(6-8-19)23(31)28-25(24(32)33,9-10-29-11-13-34-14-12-29)16-18-15-22(30)27-21-4-2-1-3-20(18)21;11-17(12,13)9-5-1-3-7-8(9)4-2-6-10(7)18(14,15)16/h1-8,15H,9-14,16H2,(H,27,30)(H,28,31)(H,32,33);1-6H,(H,11,12,13)(H,14,15,16). The lowest BCUT2D eigenvalue weighted by atomic mass is 9.85. The smallest absolute Gasteiger partial charge is 0.329 e. The number of nitrogens with one attached hydrogen (secondary N) is 2. The van der Waals surface area contributed by atoms with Gasteiger partial charge in [0.15, 0.2) is 0 Å². The summed E-state index contributed by atoms with van der Waals surface area (Å²) in [6.07, 6.45) is 0.110. The lowest BCUT2D eigenvalue weighted by Crippen LogP contribution is -2.58. The van der Waals surface area contributed by atoms with Crippen molar-refractivity contribution in [2.75, 3.05) is 32.8 Å². The molecule has 2 heterocycles. The number of H-pyrrole nitrogens is 1. The van der Waals surface area contributed by atoms with Crippen LogP contribution in [0, 0.1) is 0 Å². The van der Waals surface area contributed by atoms with Crippen molar-refractivity contribution in [1.82, 2.24) is 15.2 Å². The Kier molecular flexibility index (Phi) is 11.8. The van der Waals surface area contributed by atoms with Crippen molar-refractivity contribution in [3.8, 4) is 0 Å². The van der Waals surface area contributed by atoms with Gasteiger partial charge in [0, 0.05) is 64.4 Å². The zero-order valence-electron chi connectivity index (χ0n) is 27.4. The van der Waals surface area contributed by atoms with Crippen LogP contribution in [0.3, 0.4) is 0 Å². The zero-order valence-corrected chi connectivity index (χ0v) is 29.7. The summed E-state index contributed by atoms with van der Waals surface area (Å²) in [6, 6.07) is 22.4. The van der Waals surface area contributed by atoms with Crippen molar-refractivity contribution in [1.29, 1.82) is 0 Å². The zero-order chi connectivity index (χ0) is 37.7. The number of aromatic amines is 1. The summed E-state index contributed by atoms with van der Waals surface area (Å²) in [6.45, 7) is 2.99. The van der Waals surface area contributed by atoms with Gasteiger partial charge < -0.3 is 20.1 Å². The lowest BCUT2D eigenvalue weighted by Gasteiger charge is -2.34. The Hall–Kier alpha value is -4.68. The average molecular weight is 772 g/mol. The molecule has 1 aliphatic heterocycles. The molecule has 0 spiro atoms. The number of carbonyl (C=O) groups excluding carboxylic acids is 1. The number of halogens is 1. The first-order valence-electron chi connectivity index (χ1n) is 15.8. The number of nitrogens with zero attached hydrogens (tertiary/aromatic N) is 1. The van der Waals surface area contributed by atoms with Crippen molar-refractivity contribution in [3.63, 3.8) is 0 Å². The fraction of sp³-hybridized carbons (Fsp3) is 0.229. The summed E-state index contributed by atoms with van der Waals surface area (Å²) in [5, 5.41) is 14.5. The summed E-state index contributed by atoms with van der Waals surface area (Å²) in [4.78, 5) is 42.3. The van der Waals surface area contributed by atoms with Crippen LogP contribution in [0.5, 0.6) is 0 Å². The third kappa shape index (κ3) is 9.21. The number of para-hydroxylation sites is 1. The van der Waals surface area contributed by atoms with Crippen LogP contribution in [0.2, 0.25) is 5.02 Å². The number of hydrogen-bond donors (Lipinski definition) is 5. The summed E-state index contributed by atoms with van der Waals surface area (Å²) < 4.78 is 68.1. The van der Waals surface area contributed by atoms with Gasteiger partial charge in [0.05, 0.1) is 13.2 Å². The second kappa shape index (κ2) is 15.9. The molecule has 0 saturated carbocycles. The number of rotatable bonds is 10. The maximum Gasteiger partial charge on any atom is 0.329 e. The molecular weight excluding hydrogens is 738 g/mol. The van der Waals surface area contributed by atoms with Gasteiger partial charge in [0.2, 0.25) is 5.56 Å². The summed E-state index contributed by atoms with van der Waals surface area (Å²) in [5.41, 5.74) is -0.491. The molecular formula is C35H34ClN3O11S2. The van der Waals surface area contributed by atoms with Crippen LogP contribution in [0.25, 0.3) is 21.7 Å². The third-order valence-electron chi connectivity index (χ3n) is 8.55. The Morgan fingerprint density at radius 2 is 1.38 bits per heavy atom. The number of aliphatic carboxylic acids is 1. The van der Waals surface area contributed by atoms with E-state index in [-0.39, 0.29) is 29.2 Å². The van der Waals surface area contributed by atoms with E-state index in [4.69, 9.17) is 25.4 Å². The molecule has 274 valence electrons. The van der Waals surface area contributed by atoms with Gasteiger partial charge in [-0.05, 0) is 54.4 Å². The highest BCUT2D eigenvalue weighted by Crippen LogP contribution is 2.28. The summed E-state index contributed by atoms with van der Waals surface area (Å²) in [5.74, 6) is -1.68. The van der Waals surface area contributed by atoms with Crippen LogP contribution < -0.4 is 10.9 Å². The van der Waals surface area contributed by atoms with E-state index in [1.807, 2.05) is 12.1 Å². The average Bonchev–Trinajstić information content (AvgIpc) is 3.10. The molecule has 0 aliphatic carbocycles. The maximum atomic E-state index is 13.1. The molecule has 1 aliphatic rings. The number of fused-ring (bicyclic) bond motifs is 2. The largest absolute Gasteiger partial charge is 0.479 e. The number of aromatic nitrogens is 1. The van der Waals surface area contributed by atoms with E-state index in [1.165, 1.54) is 30.3 Å². The monoisotopic (exact) mass is 771 g/mol. The van der Waals surface area contributed by atoms with Crippen LogP contribution >= 0.6 is 11.6 Å². The summed E-state index contributed by atoms with van der Waals surface area (Å²) >= 11 is 5.94. The molecule has 0 radical (unpaired) electrons. The van der Waals surface area contributed by atoms with Gasteiger partial charge in [-0.25, -0.2) is 4.79 Å². The van der Waals surface area contributed by atoms with E-state index in [2.05, 4.69) is 15.2 Å². The highest BCUT2D eigenvalue weighted by Gasteiger charge is 2.41. The molecule has 1 aromatic heterocycles. The summed E-state index contributed by atoms with van der Waals surface area (Å²) in [7, 11) is -8.94. The van der Waals surface area contributed by atoms with Gasteiger partial charge in [-0.3, -0.25) is 23.6 Å². The first-order valence-corrected chi connectivity index (χ1v) is 19.0. The Morgan fingerprint density at radius 3 is 1.94 bits per heavy atom. The topological polar surface area (TPSA) is 220 Å². The molecule has 0 bridgehead atoms. The van der Waals surface area contributed by atoms with Crippen molar-refractivity contribution >= 4 is 65.4 Å². The molecule has 17 heteroatoms. The Morgan fingerprint density at radius 1 is 0.827 bits per heavy atom. The Labute approximate surface area is 303 Å². The number of carbonyl (C=O) groups is 2. The molecule has 5 N–H and O–H groups in total. The normalized spacial score (nSPS) is 15.0. The van der Waals surface area contributed by atoms with E-state index in [0.29, 0.717) is 54.5 Å². The van der Waals surface area contributed by atoms with E-state index in [9.17, 15) is 36.3 Å². The Balaban J connectivity index is 0.000000244. The Bertz CT molecular complexity index is 2330. The number of morpholine rings is 1. The minimum Gasteiger partial charge on any atom is -0.479 e. The number of pyridine rings is 1. The predicted molar refractivity (Wildman–Crippen MR) is 193 cm³/mol. The number of carboxylic acids is 1. The lowest BCUT2D eigenvalue weighted by molar-refractivity contribution is -0.145. The molecule has 1 atom stereocenters. The van der Waals surface area contributed by atoms with Crippen LogP contribution in [0.1, 0.15) is 22.3 Å². The van der Waals surface area contributed by atoms with Crippen LogP contribution in [-0.4, -0.2) is 91.2 Å². The number of amides is 1. The van der Waals surface area contributed by atoms with Gasteiger partial charge >= 0.3 is 5.97 Å². The molecule has 1 unspecified atom stereocenters. The minimum absolute atomic E-state index is 0.0233. The highest BCUT2D eigenvalue weighted by molar-refractivity contribution is 7.86. The quantitative estimate of drug-likeness (QED) is 0.127. The number of benzene rings is 4. The van der Waals surface area contributed by atoms with Crippen molar-refractivity contribution in [3.05, 3.63) is 117 Å². The van der Waals surface area contributed by atoms with E-state index in [1.54, 1.807) is 36.4 Å². The third-order valence-corrected chi connectivity index (χ3v) is 10.6. The van der Waals surface area contributed by atoms with Crippen molar-refractivity contribution in [2.24, 2.45) is 0 Å². The van der Waals surface area contributed by atoms with Gasteiger partial charge in [0.25, 0.3) is 26.1 Å². The van der Waals surface area contributed by atoms with Crippen molar-refractivity contribution in [2.45, 2.75) is 28.2 Å². The first kappa shape index (κ1) is 38.5. The van der Waals surface area contributed by atoms with Crippen LogP contribution in [0.4, 0.5) is 0 Å². The molecule has 4 aromatic carbocycles. The van der Waals surface area contributed by atoms with E-state index in [0.717, 1.165) is 17.5 Å². The van der Waals surface area contributed by atoms with E-state index < -0.39 is 47.4 Å². The number of carboxylic acid groups (broad SMARTS) is 1. The maximum absolute atomic E-state index is 13.1. The molecule has 14 nitrogen and oxygen atoms in total. The first-order chi connectivity index (χ1) is 24.6. The van der Waals surface area contributed by atoms with Gasteiger partial charge in [-0.15, -0.1) is 0 Å². The predicted octanol–water partition coefficient (Wildman–Crippen LogP) is 4.03. The van der Waals surface area contributed by atoms with Gasteiger partial charge in [-0.2, -0.15) is 16.8 Å². The second-order valence-corrected chi connectivity index (χ2v) is 15.2. The second-order valence-electron chi connectivity index (χ2n) is 12.0. The minimum atomic E-state index is -4.47. The SMILES string of the molecule is O=C(NC(CCN1CCOCC1)(Cc1cc(=O)[nH]c2ccccc12)C(=O)O)c1ccc(Cl)cc1.O=S(=O)(O)c1cccc2c(S(=O)(=O)O)cccc12. The van der Waals surface area contributed by atoms with Gasteiger partial charge in [0.1, 0.15) is 15.3 Å².